The lowest BCUT2D eigenvalue weighted by atomic mass is 10.1. The third-order valence-corrected chi connectivity index (χ3v) is 3.84. The molecule has 1 aliphatic rings. The van der Waals surface area contributed by atoms with Crippen molar-refractivity contribution < 1.29 is 14.3 Å². The highest BCUT2D eigenvalue weighted by Gasteiger charge is 2.31. The molecule has 6 heteroatoms. The first-order valence-corrected chi connectivity index (χ1v) is 7.25. The summed E-state index contributed by atoms with van der Waals surface area (Å²) in [5.74, 6) is 0.553. The number of rotatable bonds is 4. The minimum Gasteiger partial charge on any atom is -0.462 e. The summed E-state index contributed by atoms with van der Waals surface area (Å²) in [6.45, 7) is 4.51. The Morgan fingerprint density at radius 1 is 1.60 bits per heavy atom. The van der Waals surface area contributed by atoms with Gasteiger partial charge in [0.25, 0.3) is 0 Å². The van der Waals surface area contributed by atoms with Gasteiger partial charge in [-0.1, -0.05) is 0 Å². The van der Waals surface area contributed by atoms with Crippen molar-refractivity contribution in [1.29, 1.82) is 0 Å². The Morgan fingerprint density at radius 2 is 2.35 bits per heavy atom. The predicted molar refractivity (Wildman–Crippen MR) is 79.2 cm³/mol. The van der Waals surface area contributed by atoms with E-state index < -0.39 is 5.97 Å². The number of hydrogen-bond donors (Lipinski definition) is 1. The average molecular weight is 294 g/mol. The van der Waals surface area contributed by atoms with Crippen molar-refractivity contribution >= 4 is 30.2 Å². The van der Waals surface area contributed by atoms with Crippen LogP contribution in [0.5, 0.6) is 0 Å². The second-order valence-corrected chi connectivity index (χ2v) is 5.17. The number of esters is 1. The van der Waals surface area contributed by atoms with Crippen molar-refractivity contribution in [2.45, 2.75) is 20.3 Å². The van der Waals surface area contributed by atoms with Gasteiger partial charge in [-0.15, -0.1) is 0 Å². The van der Waals surface area contributed by atoms with Crippen LogP contribution in [-0.2, 0) is 9.53 Å². The lowest BCUT2D eigenvalue weighted by Gasteiger charge is -2.19. The summed E-state index contributed by atoms with van der Waals surface area (Å²) >= 11 is 4.25. The maximum absolute atomic E-state index is 12.1. The Hall–Kier alpha value is -1.56. The number of carbonyl (C=O) groups excluding carboxylic acids is 2. The number of thiol groups is 1. The van der Waals surface area contributed by atoms with Gasteiger partial charge in [0.15, 0.2) is 0 Å². The standard InChI is InChI=1S/C14H18N2O3S/c1-3-19-14(18)11-5-12(9(2)15-6-11)16-7-10(8-20)4-13(16)17/h5-6,10,20H,3-4,7-8H2,1-2H3. The topological polar surface area (TPSA) is 59.5 Å². The fourth-order valence-electron chi connectivity index (χ4n) is 2.26. The van der Waals surface area contributed by atoms with Gasteiger partial charge in [0, 0.05) is 19.2 Å². The molecular formula is C14H18N2O3S. The normalized spacial score (nSPS) is 18.4. The first kappa shape index (κ1) is 14.8. The second-order valence-electron chi connectivity index (χ2n) is 4.81. The van der Waals surface area contributed by atoms with E-state index in [1.165, 1.54) is 6.20 Å². The molecule has 1 amide bonds. The first-order valence-electron chi connectivity index (χ1n) is 6.61. The smallest absolute Gasteiger partial charge is 0.339 e. The van der Waals surface area contributed by atoms with E-state index in [4.69, 9.17) is 4.74 Å². The van der Waals surface area contributed by atoms with Crippen LogP contribution in [0.1, 0.15) is 29.4 Å². The number of nitrogens with zero attached hydrogens (tertiary/aromatic N) is 2. The molecule has 0 aliphatic carbocycles. The predicted octanol–water partition coefficient (Wildman–Crippen LogP) is 1.85. The van der Waals surface area contributed by atoms with Crippen LogP contribution < -0.4 is 4.90 Å². The summed E-state index contributed by atoms with van der Waals surface area (Å²) in [6.07, 6.45) is 1.97. The maximum Gasteiger partial charge on any atom is 0.339 e. The van der Waals surface area contributed by atoms with E-state index in [-0.39, 0.29) is 11.8 Å². The number of anilines is 1. The number of amides is 1. The van der Waals surface area contributed by atoms with Gasteiger partial charge in [-0.25, -0.2) is 4.79 Å². The van der Waals surface area contributed by atoms with E-state index in [9.17, 15) is 9.59 Å². The highest BCUT2D eigenvalue weighted by molar-refractivity contribution is 7.80. The molecular weight excluding hydrogens is 276 g/mol. The number of hydrogen-bond acceptors (Lipinski definition) is 5. The van der Waals surface area contributed by atoms with Crippen molar-refractivity contribution in [3.8, 4) is 0 Å². The van der Waals surface area contributed by atoms with E-state index in [2.05, 4.69) is 17.6 Å². The number of pyridine rings is 1. The summed E-state index contributed by atoms with van der Waals surface area (Å²) in [7, 11) is 0. The lowest BCUT2D eigenvalue weighted by molar-refractivity contribution is -0.117. The van der Waals surface area contributed by atoms with Crippen LogP contribution in [-0.4, -0.2) is 35.8 Å². The number of carbonyl (C=O) groups is 2. The van der Waals surface area contributed by atoms with Crippen molar-refractivity contribution in [3.63, 3.8) is 0 Å². The summed E-state index contributed by atoms with van der Waals surface area (Å²) in [6, 6.07) is 1.68. The molecule has 108 valence electrons. The van der Waals surface area contributed by atoms with E-state index in [0.29, 0.717) is 36.6 Å². The molecule has 0 bridgehead atoms. The maximum atomic E-state index is 12.1. The summed E-state index contributed by atoms with van der Waals surface area (Å²) < 4.78 is 4.96. The molecule has 5 nitrogen and oxygen atoms in total. The Kier molecular flexibility index (Phi) is 4.65. The zero-order chi connectivity index (χ0) is 14.7. The molecule has 1 saturated heterocycles. The van der Waals surface area contributed by atoms with Crippen LogP contribution in [0.3, 0.4) is 0 Å². The molecule has 1 aromatic heterocycles. The fourth-order valence-corrected chi connectivity index (χ4v) is 2.50. The Labute approximate surface area is 123 Å². The van der Waals surface area contributed by atoms with E-state index in [0.717, 1.165) is 5.69 Å². The van der Waals surface area contributed by atoms with Crippen molar-refractivity contribution in [2.75, 3.05) is 23.8 Å². The third kappa shape index (κ3) is 2.95. The molecule has 1 aromatic rings. The summed E-state index contributed by atoms with van der Waals surface area (Å²) in [5.41, 5.74) is 1.78. The molecule has 20 heavy (non-hydrogen) atoms. The van der Waals surface area contributed by atoms with Crippen LogP contribution in [0.15, 0.2) is 12.3 Å². The number of ether oxygens (including phenoxy) is 1. The zero-order valence-corrected chi connectivity index (χ0v) is 12.5. The largest absolute Gasteiger partial charge is 0.462 e. The minimum atomic E-state index is -0.418. The van der Waals surface area contributed by atoms with Crippen LogP contribution in [0, 0.1) is 12.8 Å². The molecule has 1 atom stereocenters. The highest BCUT2D eigenvalue weighted by atomic mass is 32.1. The average Bonchev–Trinajstić information content (AvgIpc) is 2.81. The van der Waals surface area contributed by atoms with Crippen LogP contribution in [0.4, 0.5) is 5.69 Å². The second kappa shape index (κ2) is 6.26. The molecule has 0 N–H and O–H groups in total. The van der Waals surface area contributed by atoms with Crippen molar-refractivity contribution in [3.05, 3.63) is 23.5 Å². The van der Waals surface area contributed by atoms with Crippen LogP contribution in [0.2, 0.25) is 0 Å². The van der Waals surface area contributed by atoms with Crippen molar-refractivity contribution in [2.24, 2.45) is 5.92 Å². The number of aryl methyl sites for hydroxylation is 1. The molecule has 0 radical (unpaired) electrons. The van der Waals surface area contributed by atoms with E-state index >= 15 is 0 Å². The Bertz CT molecular complexity index is 533. The molecule has 0 aromatic carbocycles. The van der Waals surface area contributed by atoms with Gasteiger partial charge in [0.05, 0.1) is 23.6 Å². The van der Waals surface area contributed by atoms with Gasteiger partial charge < -0.3 is 9.64 Å². The molecule has 0 saturated carbocycles. The molecule has 1 fully saturated rings. The van der Waals surface area contributed by atoms with Gasteiger partial charge >= 0.3 is 5.97 Å². The quantitative estimate of drug-likeness (QED) is 0.680. The Balaban J connectivity index is 2.29. The molecule has 2 rings (SSSR count). The molecule has 1 aliphatic heterocycles. The van der Waals surface area contributed by atoms with Gasteiger partial charge in [-0.05, 0) is 31.6 Å². The Morgan fingerprint density at radius 3 is 2.95 bits per heavy atom. The third-order valence-electron chi connectivity index (χ3n) is 3.33. The monoisotopic (exact) mass is 294 g/mol. The summed E-state index contributed by atoms with van der Waals surface area (Å²) in [5, 5.41) is 0. The van der Waals surface area contributed by atoms with Crippen LogP contribution in [0.25, 0.3) is 0 Å². The fraction of sp³-hybridized carbons (Fsp3) is 0.500. The first-order chi connectivity index (χ1) is 9.56. The SMILES string of the molecule is CCOC(=O)c1cnc(C)c(N2CC(CS)CC2=O)c1. The van der Waals surface area contributed by atoms with Gasteiger partial charge in [0.2, 0.25) is 5.91 Å². The molecule has 1 unspecified atom stereocenters. The number of aromatic nitrogens is 1. The minimum absolute atomic E-state index is 0.0509. The van der Waals surface area contributed by atoms with Gasteiger partial charge in [0.1, 0.15) is 0 Å². The molecule has 2 heterocycles. The van der Waals surface area contributed by atoms with Crippen LogP contribution >= 0.6 is 12.6 Å². The van der Waals surface area contributed by atoms with Crippen molar-refractivity contribution in [1.82, 2.24) is 4.98 Å². The summed E-state index contributed by atoms with van der Waals surface area (Å²) in [4.78, 5) is 29.7. The lowest BCUT2D eigenvalue weighted by Crippen LogP contribution is -2.26. The van der Waals surface area contributed by atoms with E-state index in [1.807, 2.05) is 6.92 Å². The highest BCUT2D eigenvalue weighted by Crippen LogP contribution is 2.28. The van der Waals surface area contributed by atoms with Gasteiger partial charge in [-0.3, -0.25) is 9.78 Å². The zero-order valence-electron chi connectivity index (χ0n) is 11.6. The molecule has 0 spiro atoms. The van der Waals surface area contributed by atoms with Gasteiger partial charge in [-0.2, -0.15) is 12.6 Å². The van der Waals surface area contributed by atoms with E-state index in [1.54, 1.807) is 17.9 Å².